The number of para-hydroxylation sites is 1. The van der Waals surface area contributed by atoms with Crippen molar-refractivity contribution in [2.24, 2.45) is 5.41 Å². The van der Waals surface area contributed by atoms with Crippen LogP contribution in [0.4, 0.5) is 5.69 Å². The molecule has 0 aliphatic heterocycles. The van der Waals surface area contributed by atoms with Gasteiger partial charge >= 0.3 is 0 Å². The SMILES string of the molecule is BC(B)(B)n1c(CCN(C)C)c(NC(=O)CC(C)(C)CNC(=O)c2cc(Br)cnc2OCC)c(=O)n1-c1ccccc1. The Hall–Kier alpha value is -3.25. The molecule has 0 aliphatic carbocycles. The van der Waals surface area contributed by atoms with Gasteiger partial charge in [0.2, 0.25) is 11.8 Å². The highest BCUT2D eigenvalue weighted by Gasteiger charge is 2.30. The molecule has 0 saturated carbocycles. The quantitative estimate of drug-likeness (QED) is 0.265. The molecule has 0 unspecified atom stereocenters. The number of hydrogen-bond acceptors (Lipinski definition) is 6. The molecule has 3 aromatic rings. The minimum atomic E-state index is -0.611. The van der Waals surface area contributed by atoms with Crippen LogP contribution in [0.2, 0.25) is 0 Å². The van der Waals surface area contributed by atoms with E-state index < -0.39 is 10.7 Å². The molecule has 42 heavy (non-hydrogen) atoms. The number of pyridine rings is 1. The van der Waals surface area contributed by atoms with E-state index in [1.165, 1.54) is 0 Å². The summed E-state index contributed by atoms with van der Waals surface area (Å²) in [5.41, 5.74) is 1.18. The summed E-state index contributed by atoms with van der Waals surface area (Å²) in [6.45, 7) is 6.91. The summed E-state index contributed by atoms with van der Waals surface area (Å²) in [7, 11) is 10.1. The third-order valence-electron chi connectivity index (χ3n) is 6.56. The fourth-order valence-corrected chi connectivity index (χ4v) is 5.01. The second-order valence-corrected chi connectivity index (χ2v) is 13.2. The van der Waals surface area contributed by atoms with Crippen molar-refractivity contribution < 1.29 is 14.3 Å². The molecule has 3 rings (SSSR count). The van der Waals surface area contributed by atoms with Crippen molar-refractivity contribution in [3.63, 3.8) is 0 Å². The minimum Gasteiger partial charge on any atom is -0.477 e. The molecule has 14 heteroatoms. The molecule has 0 bridgehead atoms. The number of ether oxygens (including phenoxy) is 1. The molecule has 10 nitrogen and oxygen atoms in total. The number of nitrogens with zero attached hydrogens (tertiary/aromatic N) is 4. The van der Waals surface area contributed by atoms with Crippen LogP contribution in [0.25, 0.3) is 5.69 Å². The Morgan fingerprint density at radius 2 is 1.81 bits per heavy atom. The zero-order chi connectivity index (χ0) is 31.2. The van der Waals surface area contributed by atoms with Gasteiger partial charge < -0.3 is 20.3 Å². The highest BCUT2D eigenvalue weighted by molar-refractivity contribution is 9.10. The summed E-state index contributed by atoms with van der Waals surface area (Å²) in [6, 6.07) is 11.1. The van der Waals surface area contributed by atoms with Gasteiger partial charge in [0.1, 0.15) is 34.8 Å². The van der Waals surface area contributed by atoms with Gasteiger partial charge in [-0.3, -0.25) is 19.1 Å². The first kappa shape index (κ1) is 33.3. The summed E-state index contributed by atoms with van der Waals surface area (Å²) >= 11 is 3.35. The van der Waals surface area contributed by atoms with Crippen molar-refractivity contribution in [1.29, 1.82) is 0 Å². The van der Waals surface area contributed by atoms with E-state index in [-0.39, 0.29) is 41.9 Å². The lowest BCUT2D eigenvalue weighted by Gasteiger charge is -2.29. The first-order valence-corrected chi connectivity index (χ1v) is 14.9. The van der Waals surface area contributed by atoms with E-state index in [0.717, 1.165) is 11.4 Å². The predicted molar refractivity (Wildman–Crippen MR) is 178 cm³/mol. The Morgan fingerprint density at radius 3 is 2.40 bits per heavy atom. The van der Waals surface area contributed by atoms with Crippen molar-refractivity contribution in [2.45, 2.75) is 38.8 Å². The summed E-state index contributed by atoms with van der Waals surface area (Å²) in [5.74, 6) is -0.403. The Balaban J connectivity index is 1.87. The van der Waals surface area contributed by atoms with E-state index in [9.17, 15) is 14.4 Å². The molecule has 2 aromatic heterocycles. The van der Waals surface area contributed by atoms with Crippen LogP contribution in [-0.2, 0) is 16.5 Å². The number of rotatable bonds is 13. The Labute approximate surface area is 258 Å². The fourth-order valence-electron chi connectivity index (χ4n) is 4.68. The van der Waals surface area contributed by atoms with Gasteiger partial charge in [0.05, 0.1) is 18.0 Å². The van der Waals surface area contributed by atoms with Crippen LogP contribution >= 0.6 is 15.9 Å². The number of carbonyl (C=O) groups is 2. The van der Waals surface area contributed by atoms with Crippen molar-refractivity contribution in [3.8, 4) is 11.6 Å². The summed E-state index contributed by atoms with van der Waals surface area (Å²) in [6.07, 6.45) is 2.22. The second-order valence-electron chi connectivity index (χ2n) is 12.3. The average molecular weight is 637 g/mol. The fraction of sp³-hybridized carbons (Fsp3) is 0.429. The molecule has 2 amide bonds. The molecule has 2 N–H and O–H groups in total. The Morgan fingerprint density at radius 1 is 1.14 bits per heavy atom. The van der Waals surface area contributed by atoms with Crippen LogP contribution in [0.1, 0.15) is 43.2 Å². The molecule has 0 fully saturated rings. The lowest BCUT2D eigenvalue weighted by molar-refractivity contribution is -0.118. The average Bonchev–Trinajstić information content (AvgIpc) is 3.18. The van der Waals surface area contributed by atoms with Crippen LogP contribution < -0.4 is 20.9 Å². The number of aromatic nitrogens is 3. The number of nitrogens with one attached hydrogen (secondary N) is 2. The smallest absolute Gasteiger partial charge is 0.295 e. The molecular weight excluding hydrogens is 597 g/mol. The third-order valence-corrected chi connectivity index (χ3v) is 6.99. The number of anilines is 1. The minimum absolute atomic E-state index is 0.0843. The first-order valence-electron chi connectivity index (χ1n) is 14.1. The Kier molecular flexibility index (Phi) is 10.9. The van der Waals surface area contributed by atoms with Gasteiger partial charge in [0, 0.05) is 36.6 Å². The second kappa shape index (κ2) is 13.8. The molecular formula is C28H40B3BrN6O4. The van der Waals surface area contributed by atoms with E-state index >= 15 is 0 Å². The molecule has 1 aromatic carbocycles. The normalized spacial score (nSPS) is 11.9. The van der Waals surface area contributed by atoms with E-state index in [4.69, 9.17) is 4.74 Å². The largest absolute Gasteiger partial charge is 0.477 e. The van der Waals surface area contributed by atoms with Gasteiger partial charge in [0.25, 0.3) is 11.5 Å². The van der Waals surface area contributed by atoms with Gasteiger partial charge in [-0.15, -0.1) is 0 Å². The molecule has 0 spiro atoms. The molecule has 0 aliphatic rings. The zero-order valence-corrected chi connectivity index (χ0v) is 27.5. The number of amides is 2. The number of hydrogen-bond donors (Lipinski definition) is 2. The van der Waals surface area contributed by atoms with Crippen molar-refractivity contribution in [3.05, 3.63) is 68.7 Å². The molecule has 0 saturated heterocycles. The van der Waals surface area contributed by atoms with Gasteiger partial charge in [-0.2, -0.15) is 0 Å². The molecule has 222 valence electrons. The van der Waals surface area contributed by atoms with Crippen molar-refractivity contribution in [2.75, 3.05) is 39.1 Å². The van der Waals surface area contributed by atoms with Gasteiger partial charge in [-0.05, 0) is 65.8 Å². The van der Waals surface area contributed by atoms with Crippen LogP contribution in [-0.4, -0.2) is 88.4 Å². The predicted octanol–water partition coefficient (Wildman–Crippen LogP) is 0.551. The van der Waals surface area contributed by atoms with Crippen molar-refractivity contribution in [1.82, 2.24) is 24.6 Å². The van der Waals surface area contributed by atoms with E-state index in [0.29, 0.717) is 29.6 Å². The van der Waals surface area contributed by atoms with Gasteiger partial charge in [0.15, 0.2) is 0 Å². The number of carbonyl (C=O) groups excluding carboxylic acids is 2. The number of halogens is 1. The van der Waals surface area contributed by atoms with E-state index in [1.54, 1.807) is 16.9 Å². The topological polar surface area (TPSA) is 110 Å². The van der Waals surface area contributed by atoms with Crippen LogP contribution in [0, 0.1) is 5.41 Å². The summed E-state index contributed by atoms with van der Waals surface area (Å²) in [5, 5.41) is 5.42. The summed E-state index contributed by atoms with van der Waals surface area (Å²) < 4.78 is 9.79. The number of benzene rings is 1. The number of likely N-dealkylation sites (N-methyl/N-ethyl adjacent to an activating group) is 1. The van der Waals surface area contributed by atoms with Crippen molar-refractivity contribution >= 4 is 57.0 Å². The maximum absolute atomic E-state index is 13.9. The maximum Gasteiger partial charge on any atom is 0.295 e. The highest BCUT2D eigenvalue weighted by atomic mass is 79.9. The maximum atomic E-state index is 13.9. The third kappa shape index (κ3) is 8.41. The lowest BCUT2D eigenvalue weighted by atomic mass is 9.49. The Bertz CT molecular complexity index is 1470. The monoisotopic (exact) mass is 636 g/mol. The first-order chi connectivity index (χ1) is 19.6. The van der Waals surface area contributed by atoms with Gasteiger partial charge in [-0.25, -0.2) is 9.67 Å². The van der Waals surface area contributed by atoms with Crippen LogP contribution in [0.3, 0.4) is 0 Å². The molecule has 2 heterocycles. The van der Waals surface area contributed by atoms with E-state index in [2.05, 4.69) is 31.5 Å². The lowest BCUT2D eigenvalue weighted by Crippen LogP contribution is -2.42. The molecule has 0 radical (unpaired) electrons. The molecule has 0 atom stereocenters. The summed E-state index contributed by atoms with van der Waals surface area (Å²) in [4.78, 5) is 46.6. The van der Waals surface area contributed by atoms with Gasteiger partial charge in [-0.1, -0.05) is 32.0 Å². The standard InChI is InChI=1S/C28H40B3BrN6O4/c1-6-42-25-20(14-18(32)16-33-25)24(40)34-17-27(2,3)15-22(39)35-23-21(12-13-36(4)5)38(28(29,30)31)37(26(23)41)19-10-8-7-9-11-19/h7-11,14,16H,6,12-13,15,17,29-31H2,1-5H3,(H,34,40)(H,35,39). The highest BCUT2D eigenvalue weighted by Crippen LogP contribution is 2.25. The van der Waals surface area contributed by atoms with E-state index in [1.807, 2.05) is 98.3 Å². The zero-order valence-electron chi connectivity index (χ0n) is 25.9. The van der Waals surface area contributed by atoms with Crippen LogP contribution in [0.5, 0.6) is 5.88 Å². The van der Waals surface area contributed by atoms with Crippen LogP contribution in [0.15, 0.2) is 51.9 Å².